The summed E-state index contributed by atoms with van der Waals surface area (Å²) in [6, 6.07) is 13.6. The maximum Gasteiger partial charge on any atom is 0.337 e. The molecule has 0 saturated heterocycles. The molecule has 2 amide bonds. The Morgan fingerprint density at radius 2 is 1.68 bits per heavy atom. The topological polar surface area (TPSA) is 84.5 Å². The van der Waals surface area contributed by atoms with E-state index in [2.05, 4.69) is 15.4 Å². The quantitative estimate of drug-likeness (QED) is 0.791. The van der Waals surface area contributed by atoms with Gasteiger partial charge in [0.05, 0.1) is 12.7 Å². The van der Waals surface area contributed by atoms with Crippen LogP contribution in [-0.4, -0.2) is 31.9 Å². The number of hydrogen-bond donors (Lipinski definition) is 2. The van der Waals surface area contributed by atoms with E-state index in [1.54, 1.807) is 37.4 Å². The first-order valence-electron chi connectivity index (χ1n) is 7.82. The van der Waals surface area contributed by atoms with Gasteiger partial charge in [-0.15, -0.1) is 0 Å². The summed E-state index contributed by atoms with van der Waals surface area (Å²) >= 11 is 0. The summed E-state index contributed by atoms with van der Waals surface area (Å²) in [6.07, 6.45) is 1.05. The van der Waals surface area contributed by atoms with Crippen molar-refractivity contribution < 1.29 is 19.1 Å². The number of amides is 2. The van der Waals surface area contributed by atoms with Crippen LogP contribution in [0.25, 0.3) is 0 Å². The van der Waals surface area contributed by atoms with Gasteiger partial charge in [0.15, 0.2) is 0 Å². The van der Waals surface area contributed by atoms with Crippen molar-refractivity contribution in [2.45, 2.75) is 12.8 Å². The number of carbonyl (C=O) groups excluding carboxylic acids is 3. The van der Waals surface area contributed by atoms with Gasteiger partial charge in [-0.2, -0.15) is 0 Å². The zero-order valence-electron chi connectivity index (χ0n) is 14.2. The van der Waals surface area contributed by atoms with Crippen LogP contribution in [0.1, 0.15) is 32.7 Å². The third kappa shape index (κ3) is 5.17. The van der Waals surface area contributed by atoms with Gasteiger partial charge in [-0.1, -0.05) is 18.2 Å². The fraction of sp³-hybridized carbons (Fsp3) is 0.211. The van der Waals surface area contributed by atoms with Crippen LogP contribution < -0.4 is 10.6 Å². The fourth-order valence-electron chi connectivity index (χ4n) is 2.25. The van der Waals surface area contributed by atoms with E-state index in [1.807, 2.05) is 12.1 Å². The van der Waals surface area contributed by atoms with Gasteiger partial charge in [-0.05, 0) is 42.3 Å². The van der Waals surface area contributed by atoms with E-state index in [1.165, 1.54) is 13.2 Å². The fourth-order valence-corrected chi connectivity index (χ4v) is 2.25. The molecular formula is C19H20N2O4. The van der Waals surface area contributed by atoms with Gasteiger partial charge < -0.3 is 15.4 Å². The summed E-state index contributed by atoms with van der Waals surface area (Å²) in [4.78, 5) is 35.1. The van der Waals surface area contributed by atoms with Crippen LogP contribution in [0.3, 0.4) is 0 Å². The summed E-state index contributed by atoms with van der Waals surface area (Å²) in [5.74, 6) is -0.818. The van der Waals surface area contributed by atoms with Gasteiger partial charge in [0.25, 0.3) is 5.91 Å². The Morgan fingerprint density at radius 1 is 1.00 bits per heavy atom. The summed E-state index contributed by atoms with van der Waals surface area (Å²) in [5, 5.41) is 5.35. The first-order chi connectivity index (χ1) is 12.0. The Bertz CT molecular complexity index is 769. The van der Waals surface area contributed by atoms with E-state index in [-0.39, 0.29) is 11.8 Å². The molecule has 0 radical (unpaired) electrons. The van der Waals surface area contributed by atoms with Gasteiger partial charge in [0.1, 0.15) is 0 Å². The van der Waals surface area contributed by atoms with Crippen molar-refractivity contribution in [2.75, 3.05) is 19.5 Å². The van der Waals surface area contributed by atoms with Crippen molar-refractivity contribution in [3.8, 4) is 0 Å². The first-order valence-corrected chi connectivity index (χ1v) is 7.82. The van der Waals surface area contributed by atoms with Crippen LogP contribution in [0.4, 0.5) is 5.69 Å². The standard InChI is InChI=1S/C19H20N2O4/c1-20-17(22)11-8-13-6-9-16(10-7-13)21-18(23)14-4-3-5-15(12-14)19(24)25-2/h3-7,9-10,12H,8,11H2,1-2H3,(H,20,22)(H,21,23). The Morgan fingerprint density at radius 3 is 2.32 bits per heavy atom. The molecule has 2 aromatic carbocycles. The number of ether oxygens (including phenoxy) is 1. The molecule has 0 heterocycles. The highest BCUT2D eigenvalue weighted by Gasteiger charge is 2.11. The van der Waals surface area contributed by atoms with Crippen LogP contribution in [0.5, 0.6) is 0 Å². The third-order valence-electron chi connectivity index (χ3n) is 3.68. The molecule has 0 unspecified atom stereocenters. The molecule has 0 aromatic heterocycles. The summed E-state index contributed by atoms with van der Waals surface area (Å²) in [5.41, 5.74) is 2.33. The number of esters is 1. The molecule has 0 aliphatic rings. The van der Waals surface area contributed by atoms with Crippen molar-refractivity contribution >= 4 is 23.5 Å². The summed E-state index contributed by atoms with van der Waals surface area (Å²) in [7, 11) is 2.90. The highest BCUT2D eigenvalue weighted by molar-refractivity contribution is 6.05. The van der Waals surface area contributed by atoms with Gasteiger partial charge >= 0.3 is 5.97 Å². The second-order valence-electron chi connectivity index (χ2n) is 5.40. The number of hydrogen-bond acceptors (Lipinski definition) is 4. The summed E-state index contributed by atoms with van der Waals surface area (Å²) < 4.78 is 4.65. The lowest BCUT2D eigenvalue weighted by Gasteiger charge is -2.08. The van der Waals surface area contributed by atoms with Crippen LogP contribution >= 0.6 is 0 Å². The van der Waals surface area contributed by atoms with Crippen LogP contribution in [0.15, 0.2) is 48.5 Å². The number of aryl methyl sites for hydroxylation is 1. The Balaban J connectivity index is 2.01. The minimum absolute atomic E-state index is 0.0112. The molecule has 130 valence electrons. The van der Waals surface area contributed by atoms with Gasteiger partial charge in [0.2, 0.25) is 5.91 Å². The molecule has 6 nitrogen and oxygen atoms in total. The minimum Gasteiger partial charge on any atom is -0.465 e. The molecule has 0 aliphatic heterocycles. The molecule has 0 saturated carbocycles. The number of nitrogens with one attached hydrogen (secondary N) is 2. The second kappa shape index (κ2) is 8.63. The monoisotopic (exact) mass is 340 g/mol. The van der Waals surface area contributed by atoms with Gasteiger partial charge in [0, 0.05) is 24.7 Å². The molecule has 6 heteroatoms. The summed E-state index contributed by atoms with van der Waals surface area (Å²) in [6.45, 7) is 0. The predicted molar refractivity (Wildman–Crippen MR) is 94.6 cm³/mol. The van der Waals surface area contributed by atoms with Gasteiger partial charge in [-0.25, -0.2) is 4.79 Å². The van der Waals surface area contributed by atoms with E-state index >= 15 is 0 Å². The number of anilines is 1. The van der Waals surface area contributed by atoms with E-state index in [0.29, 0.717) is 29.7 Å². The maximum absolute atomic E-state index is 12.3. The van der Waals surface area contributed by atoms with Crippen molar-refractivity contribution in [3.63, 3.8) is 0 Å². The normalized spacial score (nSPS) is 10.0. The number of methoxy groups -OCH3 is 1. The molecular weight excluding hydrogens is 320 g/mol. The second-order valence-corrected chi connectivity index (χ2v) is 5.40. The maximum atomic E-state index is 12.3. The Hall–Kier alpha value is -3.15. The molecule has 0 atom stereocenters. The average Bonchev–Trinajstić information content (AvgIpc) is 2.66. The minimum atomic E-state index is -0.491. The van der Waals surface area contributed by atoms with Gasteiger partial charge in [-0.3, -0.25) is 9.59 Å². The van der Waals surface area contributed by atoms with Crippen molar-refractivity contribution in [1.82, 2.24) is 5.32 Å². The Labute approximate surface area is 146 Å². The Kier molecular flexibility index (Phi) is 6.28. The average molecular weight is 340 g/mol. The lowest BCUT2D eigenvalue weighted by molar-refractivity contribution is -0.120. The third-order valence-corrected chi connectivity index (χ3v) is 3.68. The van der Waals surface area contributed by atoms with Crippen LogP contribution in [-0.2, 0) is 16.0 Å². The lowest BCUT2D eigenvalue weighted by atomic mass is 10.1. The number of benzene rings is 2. The van der Waals surface area contributed by atoms with E-state index < -0.39 is 5.97 Å². The molecule has 0 spiro atoms. The first kappa shape index (κ1) is 18.2. The highest BCUT2D eigenvalue weighted by atomic mass is 16.5. The molecule has 2 N–H and O–H groups in total. The molecule has 25 heavy (non-hydrogen) atoms. The SMILES string of the molecule is CNC(=O)CCc1ccc(NC(=O)c2cccc(C(=O)OC)c2)cc1. The van der Waals surface area contributed by atoms with E-state index in [0.717, 1.165) is 5.56 Å². The zero-order chi connectivity index (χ0) is 18.2. The number of carbonyl (C=O) groups is 3. The largest absolute Gasteiger partial charge is 0.465 e. The van der Waals surface area contributed by atoms with Crippen molar-refractivity contribution in [2.24, 2.45) is 0 Å². The predicted octanol–water partition coefficient (Wildman–Crippen LogP) is 2.40. The smallest absolute Gasteiger partial charge is 0.337 e. The molecule has 2 aromatic rings. The molecule has 0 aliphatic carbocycles. The van der Waals surface area contributed by atoms with E-state index in [4.69, 9.17) is 0 Å². The molecule has 2 rings (SSSR count). The molecule has 0 fully saturated rings. The highest BCUT2D eigenvalue weighted by Crippen LogP contribution is 2.14. The molecule has 0 bridgehead atoms. The van der Waals surface area contributed by atoms with Crippen LogP contribution in [0, 0.1) is 0 Å². The van der Waals surface area contributed by atoms with E-state index in [9.17, 15) is 14.4 Å². The zero-order valence-corrected chi connectivity index (χ0v) is 14.2. The van der Waals surface area contributed by atoms with Crippen molar-refractivity contribution in [3.05, 3.63) is 65.2 Å². The lowest BCUT2D eigenvalue weighted by Crippen LogP contribution is -2.17. The van der Waals surface area contributed by atoms with Crippen molar-refractivity contribution in [1.29, 1.82) is 0 Å². The number of rotatable bonds is 6. The van der Waals surface area contributed by atoms with Crippen LogP contribution in [0.2, 0.25) is 0 Å².